The fourth-order valence-electron chi connectivity index (χ4n) is 2.48. The fraction of sp³-hybridized carbons (Fsp3) is 0.158. The molecule has 0 fully saturated rings. The highest BCUT2D eigenvalue weighted by Gasteiger charge is 2.25. The highest BCUT2D eigenvalue weighted by molar-refractivity contribution is 7.90. The van der Waals surface area contributed by atoms with Gasteiger partial charge in [0.1, 0.15) is 5.75 Å². The smallest absolute Gasteiger partial charge is 0.349 e. The summed E-state index contributed by atoms with van der Waals surface area (Å²) < 4.78 is 32.1. The molecule has 3 rings (SSSR count). The van der Waals surface area contributed by atoms with Crippen molar-refractivity contribution in [1.29, 1.82) is 0 Å². The minimum Gasteiger partial charge on any atom is -0.481 e. The first-order chi connectivity index (χ1) is 12.8. The normalized spacial score (nSPS) is 12.5. The number of carbonyl (C=O) groups excluding carboxylic acids is 1. The molecule has 0 N–H and O–H groups in total. The van der Waals surface area contributed by atoms with E-state index < -0.39 is 27.7 Å². The van der Waals surface area contributed by atoms with Gasteiger partial charge in [0.2, 0.25) is 0 Å². The Morgan fingerprint density at radius 1 is 1.00 bits per heavy atom. The summed E-state index contributed by atoms with van der Waals surface area (Å²) in [4.78, 5) is 25.0. The van der Waals surface area contributed by atoms with Crippen molar-refractivity contribution >= 4 is 15.9 Å². The molecule has 1 atom stereocenters. The second-order valence-electron chi connectivity index (χ2n) is 5.98. The molecule has 0 saturated carbocycles. The second-order valence-corrected chi connectivity index (χ2v) is 7.79. The summed E-state index contributed by atoms with van der Waals surface area (Å²) in [6.45, 7) is 3.32. The number of aryl methyl sites for hydroxylation is 1. The van der Waals surface area contributed by atoms with Crippen molar-refractivity contribution in [2.24, 2.45) is 0 Å². The largest absolute Gasteiger partial charge is 0.481 e. The molecule has 8 heteroatoms. The van der Waals surface area contributed by atoms with Gasteiger partial charge in [-0.15, -0.1) is 0 Å². The van der Waals surface area contributed by atoms with Crippen LogP contribution in [0.4, 0.5) is 0 Å². The van der Waals surface area contributed by atoms with E-state index in [4.69, 9.17) is 4.74 Å². The Balaban J connectivity index is 1.89. The van der Waals surface area contributed by atoms with Crippen LogP contribution in [0.3, 0.4) is 0 Å². The Bertz CT molecular complexity index is 1110. The molecular weight excluding hydrogens is 368 g/mol. The van der Waals surface area contributed by atoms with E-state index in [9.17, 15) is 18.0 Å². The number of nitrogens with zero attached hydrogens (tertiary/aromatic N) is 2. The number of benzene rings is 2. The van der Waals surface area contributed by atoms with Gasteiger partial charge in [-0.05, 0) is 38.1 Å². The molecule has 0 aliphatic heterocycles. The Hall–Kier alpha value is -3.13. The zero-order chi connectivity index (χ0) is 19.6. The predicted molar refractivity (Wildman–Crippen MR) is 99.6 cm³/mol. The van der Waals surface area contributed by atoms with Crippen molar-refractivity contribution in [3.05, 3.63) is 83.0 Å². The van der Waals surface area contributed by atoms with Gasteiger partial charge < -0.3 is 4.74 Å². The lowest BCUT2D eigenvalue weighted by atomic mass is 10.2. The van der Waals surface area contributed by atoms with E-state index in [2.05, 4.69) is 0 Å². The summed E-state index contributed by atoms with van der Waals surface area (Å²) >= 11 is 0. The molecule has 140 valence electrons. The van der Waals surface area contributed by atoms with Gasteiger partial charge in [-0.25, -0.2) is 17.8 Å². The number of para-hydroxylation sites is 1. The third kappa shape index (κ3) is 3.70. The summed E-state index contributed by atoms with van der Waals surface area (Å²) in [5.41, 5.74) is -0.0787. The molecule has 0 unspecified atom stereocenters. The molecule has 7 nitrogen and oxygen atoms in total. The quantitative estimate of drug-likeness (QED) is 0.671. The fourth-order valence-corrected chi connectivity index (χ4v) is 3.70. The van der Waals surface area contributed by atoms with E-state index in [1.54, 1.807) is 42.5 Å². The summed E-state index contributed by atoms with van der Waals surface area (Å²) in [7, 11) is -4.09. The lowest BCUT2D eigenvalue weighted by molar-refractivity contribution is 0.0723. The molecule has 3 aromatic rings. The molecule has 1 heterocycles. The minimum absolute atomic E-state index is 0.0333. The SMILES string of the molecule is Cc1ccc(S(=O)(=O)n2ccn(C(=O)[C@@H](C)Oc3ccccc3)c2=O)cc1. The maximum absolute atomic E-state index is 12.7. The minimum atomic E-state index is -4.09. The molecule has 1 aromatic heterocycles. The first-order valence-corrected chi connectivity index (χ1v) is 9.63. The van der Waals surface area contributed by atoms with Gasteiger partial charge in [-0.3, -0.25) is 4.79 Å². The van der Waals surface area contributed by atoms with Gasteiger partial charge >= 0.3 is 5.69 Å². The molecule has 0 aliphatic rings. The number of carbonyl (C=O) groups is 1. The van der Waals surface area contributed by atoms with Crippen LogP contribution in [0.2, 0.25) is 0 Å². The molecule has 0 amide bonds. The van der Waals surface area contributed by atoms with Crippen LogP contribution >= 0.6 is 0 Å². The van der Waals surface area contributed by atoms with Crippen LogP contribution in [0.25, 0.3) is 0 Å². The number of ether oxygens (including phenoxy) is 1. The van der Waals surface area contributed by atoms with Crippen molar-refractivity contribution in [3.8, 4) is 5.75 Å². The van der Waals surface area contributed by atoms with Crippen LogP contribution in [0.5, 0.6) is 5.75 Å². The number of hydrogen-bond donors (Lipinski definition) is 0. The molecule has 0 aliphatic carbocycles. The van der Waals surface area contributed by atoms with Crippen LogP contribution in [0.15, 0.2) is 76.7 Å². The van der Waals surface area contributed by atoms with Crippen LogP contribution in [-0.4, -0.2) is 29.0 Å². The average Bonchev–Trinajstić information content (AvgIpc) is 3.04. The maximum Gasteiger partial charge on any atom is 0.349 e. The lowest BCUT2D eigenvalue weighted by Crippen LogP contribution is -2.38. The molecule has 0 bridgehead atoms. The Morgan fingerprint density at radius 3 is 2.26 bits per heavy atom. The summed E-state index contributed by atoms with van der Waals surface area (Å²) in [6.07, 6.45) is 1.22. The first kappa shape index (κ1) is 18.7. The van der Waals surface area contributed by atoms with Crippen molar-refractivity contribution in [1.82, 2.24) is 8.54 Å². The van der Waals surface area contributed by atoms with E-state index in [0.29, 0.717) is 9.72 Å². The monoisotopic (exact) mass is 386 g/mol. The van der Waals surface area contributed by atoms with E-state index in [-0.39, 0.29) is 4.90 Å². The Labute approximate surface area is 156 Å². The van der Waals surface area contributed by atoms with Gasteiger partial charge in [0.25, 0.3) is 15.9 Å². The average molecular weight is 386 g/mol. The topological polar surface area (TPSA) is 87.4 Å². The number of rotatable bonds is 5. The number of hydrogen-bond acceptors (Lipinski definition) is 5. The van der Waals surface area contributed by atoms with Crippen molar-refractivity contribution in [2.75, 3.05) is 0 Å². The molecule has 0 spiro atoms. The van der Waals surface area contributed by atoms with E-state index >= 15 is 0 Å². The number of aromatic nitrogens is 2. The maximum atomic E-state index is 12.7. The second kappa shape index (κ2) is 7.24. The predicted octanol–water partition coefficient (Wildman–Crippen LogP) is 2.30. The zero-order valence-corrected chi connectivity index (χ0v) is 15.6. The van der Waals surface area contributed by atoms with Crippen LogP contribution < -0.4 is 10.4 Å². The van der Waals surface area contributed by atoms with Gasteiger partial charge in [0.05, 0.1) is 4.90 Å². The molecular formula is C19H18N2O5S. The van der Waals surface area contributed by atoms with Crippen LogP contribution in [0, 0.1) is 6.92 Å². The van der Waals surface area contributed by atoms with Crippen molar-refractivity contribution in [2.45, 2.75) is 24.8 Å². The van der Waals surface area contributed by atoms with E-state index in [1.165, 1.54) is 19.1 Å². The Morgan fingerprint density at radius 2 is 1.63 bits per heavy atom. The van der Waals surface area contributed by atoms with Crippen molar-refractivity contribution in [3.63, 3.8) is 0 Å². The zero-order valence-electron chi connectivity index (χ0n) is 14.8. The summed E-state index contributed by atoms with van der Waals surface area (Å²) in [5.74, 6) is -0.195. The highest BCUT2D eigenvalue weighted by Crippen LogP contribution is 2.14. The third-order valence-electron chi connectivity index (χ3n) is 3.96. The number of imidazole rings is 1. The molecule has 2 aromatic carbocycles. The standard InChI is InChI=1S/C19H18N2O5S/c1-14-8-10-17(11-9-14)27(24,25)21-13-12-20(19(21)23)18(22)15(2)26-16-6-4-3-5-7-16/h3-13,15H,1-2H3/t15-/m1/s1. The van der Waals surface area contributed by atoms with Gasteiger partial charge in [-0.1, -0.05) is 35.9 Å². The van der Waals surface area contributed by atoms with Crippen LogP contribution in [0.1, 0.15) is 17.3 Å². The molecule has 27 heavy (non-hydrogen) atoms. The van der Waals surface area contributed by atoms with E-state index in [0.717, 1.165) is 22.5 Å². The lowest BCUT2D eigenvalue weighted by Gasteiger charge is -2.13. The molecule has 0 saturated heterocycles. The third-order valence-corrected chi connectivity index (χ3v) is 5.63. The Kier molecular flexibility index (Phi) is 5.00. The van der Waals surface area contributed by atoms with E-state index in [1.807, 2.05) is 6.92 Å². The van der Waals surface area contributed by atoms with Gasteiger partial charge in [0, 0.05) is 12.4 Å². The van der Waals surface area contributed by atoms with Crippen LogP contribution in [-0.2, 0) is 10.0 Å². The first-order valence-electron chi connectivity index (χ1n) is 8.19. The summed E-state index contributed by atoms with van der Waals surface area (Å²) in [6, 6.07) is 14.8. The van der Waals surface area contributed by atoms with Gasteiger partial charge in [0.15, 0.2) is 6.10 Å². The van der Waals surface area contributed by atoms with Crippen molar-refractivity contribution < 1.29 is 17.9 Å². The van der Waals surface area contributed by atoms with Gasteiger partial charge in [-0.2, -0.15) is 3.97 Å². The highest BCUT2D eigenvalue weighted by atomic mass is 32.2. The summed E-state index contributed by atoms with van der Waals surface area (Å²) in [5, 5.41) is 0. The molecule has 0 radical (unpaired) electrons.